The summed E-state index contributed by atoms with van der Waals surface area (Å²) in [7, 11) is 0. The van der Waals surface area contributed by atoms with Crippen molar-refractivity contribution in [1.29, 1.82) is 0 Å². The molecular weight excluding hydrogens is 314 g/mol. The first kappa shape index (κ1) is 15.5. The summed E-state index contributed by atoms with van der Waals surface area (Å²) in [6, 6.07) is 4.27. The standard InChI is InChI=1S/C14H19BrClNO/c1-3-13(17)9-11-8-12(15)7-10(2)14(11)18-6-4-5-16/h4-5,7-8,13H,3,6,9,17H2,1-2H3/b5-4+. The Morgan fingerprint density at radius 3 is 2.83 bits per heavy atom. The van der Waals surface area contributed by atoms with Crippen LogP contribution in [0.2, 0.25) is 0 Å². The lowest BCUT2D eigenvalue weighted by Crippen LogP contribution is -2.22. The SMILES string of the molecule is CCC(N)Cc1cc(Br)cc(C)c1OC/C=C/Cl. The quantitative estimate of drug-likeness (QED) is 0.848. The van der Waals surface area contributed by atoms with Gasteiger partial charge in [-0.15, -0.1) is 0 Å². The van der Waals surface area contributed by atoms with Crippen molar-refractivity contribution >= 4 is 27.5 Å². The number of hydrogen-bond acceptors (Lipinski definition) is 2. The van der Waals surface area contributed by atoms with Crippen LogP contribution in [0.15, 0.2) is 28.2 Å². The predicted octanol–water partition coefficient (Wildman–Crippen LogP) is 4.17. The van der Waals surface area contributed by atoms with Gasteiger partial charge >= 0.3 is 0 Å². The summed E-state index contributed by atoms with van der Waals surface area (Å²) < 4.78 is 6.82. The Morgan fingerprint density at radius 1 is 1.50 bits per heavy atom. The van der Waals surface area contributed by atoms with Crippen molar-refractivity contribution in [2.75, 3.05) is 6.61 Å². The van der Waals surface area contributed by atoms with Gasteiger partial charge in [-0.2, -0.15) is 0 Å². The second kappa shape index (κ2) is 7.82. The summed E-state index contributed by atoms with van der Waals surface area (Å²) in [6.07, 6.45) is 3.54. The van der Waals surface area contributed by atoms with Crippen molar-refractivity contribution in [1.82, 2.24) is 0 Å². The number of halogens is 2. The molecule has 0 aliphatic rings. The molecule has 100 valence electrons. The molecular formula is C14H19BrClNO. The number of benzene rings is 1. The van der Waals surface area contributed by atoms with Gasteiger partial charge in [0, 0.05) is 16.0 Å². The maximum absolute atomic E-state index is 6.02. The Morgan fingerprint density at radius 2 is 2.22 bits per heavy atom. The second-order valence-corrected chi connectivity index (χ2v) is 5.42. The van der Waals surface area contributed by atoms with E-state index >= 15 is 0 Å². The fourth-order valence-electron chi connectivity index (χ4n) is 1.75. The molecule has 0 spiro atoms. The second-order valence-electron chi connectivity index (χ2n) is 4.26. The lowest BCUT2D eigenvalue weighted by atomic mass is 10.0. The van der Waals surface area contributed by atoms with Gasteiger partial charge in [-0.3, -0.25) is 0 Å². The third kappa shape index (κ3) is 4.63. The maximum atomic E-state index is 6.02. The van der Waals surface area contributed by atoms with E-state index in [1.165, 1.54) is 5.54 Å². The van der Waals surface area contributed by atoms with Crippen molar-refractivity contribution < 1.29 is 4.74 Å². The van der Waals surface area contributed by atoms with E-state index in [9.17, 15) is 0 Å². The number of nitrogens with two attached hydrogens (primary N) is 1. The van der Waals surface area contributed by atoms with E-state index in [4.69, 9.17) is 22.1 Å². The molecule has 4 heteroatoms. The van der Waals surface area contributed by atoms with Crippen LogP contribution in [0.4, 0.5) is 0 Å². The molecule has 2 nitrogen and oxygen atoms in total. The van der Waals surface area contributed by atoms with E-state index in [0.29, 0.717) is 6.61 Å². The van der Waals surface area contributed by atoms with Crippen LogP contribution in [0.5, 0.6) is 5.75 Å². The molecule has 0 bridgehead atoms. The number of aryl methyl sites for hydroxylation is 1. The molecule has 0 radical (unpaired) electrons. The Bertz CT molecular complexity index is 421. The zero-order valence-electron chi connectivity index (χ0n) is 10.7. The average molecular weight is 333 g/mol. The van der Waals surface area contributed by atoms with E-state index in [0.717, 1.165) is 34.2 Å². The van der Waals surface area contributed by atoms with Crippen molar-refractivity contribution in [3.8, 4) is 5.75 Å². The minimum absolute atomic E-state index is 0.157. The maximum Gasteiger partial charge on any atom is 0.126 e. The van der Waals surface area contributed by atoms with E-state index in [1.807, 2.05) is 13.0 Å². The third-order valence-corrected chi connectivity index (χ3v) is 3.37. The van der Waals surface area contributed by atoms with Crippen molar-refractivity contribution in [3.05, 3.63) is 39.3 Å². The van der Waals surface area contributed by atoms with Crippen molar-refractivity contribution in [3.63, 3.8) is 0 Å². The molecule has 0 fully saturated rings. The van der Waals surface area contributed by atoms with Crippen molar-refractivity contribution in [2.45, 2.75) is 32.7 Å². The summed E-state index contributed by atoms with van der Waals surface area (Å²) >= 11 is 9.00. The Labute approximate surface area is 122 Å². The fourth-order valence-corrected chi connectivity index (χ4v) is 2.44. The molecule has 0 saturated carbocycles. The first-order valence-corrected chi connectivity index (χ1v) is 7.24. The van der Waals surface area contributed by atoms with Gasteiger partial charge in [-0.05, 0) is 49.1 Å². The fraction of sp³-hybridized carbons (Fsp3) is 0.429. The minimum Gasteiger partial charge on any atom is -0.489 e. The molecule has 1 aromatic carbocycles. The molecule has 0 heterocycles. The summed E-state index contributed by atoms with van der Waals surface area (Å²) in [5.41, 5.74) is 9.73. The van der Waals surface area contributed by atoms with E-state index < -0.39 is 0 Å². The predicted molar refractivity (Wildman–Crippen MR) is 81.3 cm³/mol. The van der Waals surface area contributed by atoms with Gasteiger partial charge in [-0.25, -0.2) is 0 Å². The lowest BCUT2D eigenvalue weighted by Gasteiger charge is -2.16. The van der Waals surface area contributed by atoms with Gasteiger partial charge < -0.3 is 10.5 Å². The average Bonchev–Trinajstić information content (AvgIpc) is 2.32. The summed E-state index contributed by atoms with van der Waals surface area (Å²) in [4.78, 5) is 0. The zero-order chi connectivity index (χ0) is 13.5. The van der Waals surface area contributed by atoms with Crippen LogP contribution in [0.25, 0.3) is 0 Å². The Hall–Kier alpha value is -0.510. The Kier molecular flexibility index (Phi) is 6.76. The van der Waals surface area contributed by atoms with Gasteiger partial charge in [0.1, 0.15) is 12.4 Å². The molecule has 1 rings (SSSR count). The van der Waals surface area contributed by atoms with Crippen LogP contribution in [-0.4, -0.2) is 12.6 Å². The largest absolute Gasteiger partial charge is 0.489 e. The van der Waals surface area contributed by atoms with Gasteiger partial charge in [0.15, 0.2) is 0 Å². The van der Waals surface area contributed by atoms with E-state index in [1.54, 1.807) is 6.08 Å². The molecule has 1 unspecified atom stereocenters. The molecule has 18 heavy (non-hydrogen) atoms. The van der Waals surface area contributed by atoms with Crippen LogP contribution in [0, 0.1) is 6.92 Å². The lowest BCUT2D eigenvalue weighted by molar-refractivity contribution is 0.355. The summed E-state index contributed by atoms with van der Waals surface area (Å²) in [5, 5.41) is 0. The monoisotopic (exact) mass is 331 g/mol. The van der Waals surface area contributed by atoms with Crippen molar-refractivity contribution in [2.24, 2.45) is 5.73 Å². The number of rotatable bonds is 6. The highest BCUT2D eigenvalue weighted by molar-refractivity contribution is 9.10. The number of hydrogen-bond donors (Lipinski definition) is 1. The van der Waals surface area contributed by atoms with Crippen LogP contribution in [0.3, 0.4) is 0 Å². The van der Waals surface area contributed by atoms with Crippen LogP contribution < -0.4 is 10.5 Å². The van der Waals surface area contributed by atoms with Gasteiger partial charge in [-0.1, -0.05) is 34.5 Å². The van der Waals surface area contributed by atoms with Gasteiger partial charge in [0.2, 0.25) is 0 Å². The highest BCUT2D eigenvalue weighted by atomic mass is 79.9. The van der Waals surface area contributed by atoms with Gasteiger partial charge in [0.05, 0.1) is 0 Å². The minimum atomic E-state index is 0.157. The summed E-state index contributed by atoms with van der Waals surface area (Å²) in [6.45, 7) is 4.60. The topological polar surface area (TPSA) is 35.2 Å². The van der Waals surface area contributed by atoms with E-state index in [-0.39, 0.29) is 6.04 Å². The first-order chi connectivity index (χ1) is 8.58. The van der Waals surface area contributed by atoms with Crippen LogP contribution in [-0.2, 0) is 6.42 Å². The van der Waals surface area contributed by atoms with Crippen LogP contribution in [0.1, 0.15) is 24.5 Å². The molecule has 0 saturated heterocycles. The van der Waals surface area contributed by atoms with E-state index in [2.05, 4.69) is 28.9 Å². The molecule has 0 aliphatic heterocycles. The molecule has 1 aromatic rings. The highest BCUT2D eigenvalue weighted by Gasteiger charge is 2.11. The normalized spacial score (nSPS) is 12.9. The van der Waals surface area contributed by atoms with Crippen LogP contribution >= 0.6 is 27.5 Å². The smallest absolute Gasteiger partial charge is 0.126 e. The molecule has 1 atom stereocenters. The Balaban J connectivity index is 2.96. The van der Waals surface area contributed by atoms with Gasteiger partial charge in [0.25, 0.3) is 0 Å². The highest BCUT2D eigenvalue weighted by Crippen LogP contribution is 2.29. The third-order valence-electron chi connectivity index (χ3n) is 2.74. The number of ether oxygens (including phenoxy) is 1. The molecule has 2 N–H and O–H groups in total. The first-order valence-electron chi connectivity index (χ1n) is 6.01. The summed E-state index contributed by atoms with van der Waals surface area (Å²) in [5.74, 6) is 0.914. The molecule has 0 aromatic heterocycles. The molecule has 0 aliphatic carbocycles. The zero-order valence-corrected chi connectivity index (χ0v) is 13.1. The molecule has 0 amide bonds.